The summed E-state index contributed by atoms with van der Waals surface area (Å²) in [5, 5.41) is 0. The summed E-state index contributed by atoms with van der Waals surface area (Å²) in [6, 6.07) is 0. The van der Waals surface area contributed by atoms with Crippen LogP contribution in [0.4, 0.5) is 0 Å². The molecule has 1 unspecified atom stereocenters. The van der Waals surface area contributed by atoms with Crippen molar-refractivity contribution < 1.29 is 23.7 Å². The van der Waals surface area contributed by atoms with Gasteiger partial charge in [-0.1, -0.05) is 0 Å². The highest BCUT2D eigenvalue weighted by atomic mass is 16.6. The number of ether oxygens (including phenoxy) is 4. The van der Waals surface area contributed by atoms with Gasteiger partial charge >= 0.3 is 5.97 Å². The molecule has 0 aliphatic heterocycles. The predicted molar refractivity (Wildman–Crippen MR) is 50.1 cm³/mol. The van der Waals surface area contributed by atoms with Crippen molar-refractivity contribution in [2.24, 2.45) is 0 Å². The molecule has 0 amide bonds. The van der Waals surface area contributed by atoms with Gasteiger partial charge in [-0.05, 0) is 6.92 Å². The largest absolute Gasteiger partial charge is 0.467 e. The SMILES string of the molecule is COCCOCCOC(C)C(=O)OC. The summed E-state index contributed by atoms with van der Waals surface area (Å²) >= 11 is 0. The summed E-state index contributed by atoms with van der Waals surface area (Å²) in [4.78, 5) is 10.9. The van der Waals surface area contributed by atoms with E-state index in [2.05, 4.69) is 4.74 Å². The van der Waals surface area contributed by atoms with Crippen LogP contribution in [0.5, 0.6) is 0 Å². The molecule has 0 aliphatic carbocycles. The van der Waals surface area contributed by atoms with E-state index in [1.54, 1.807) is 14.0 Å². The summed E-state index contributed by atoms with van der Waals surface area (Å²) in [7, 11) is 2.94. The lowest BCUT2D eigenvalue weighted by Gasteiger charge is -2.10. The number of esters is 1. The van der Waals surface area contributed by atoms with E-state index in [-0.39, 0.29) is 5.97 Å². The lowest BCUT2D eigenvalue weighted by molar-refractivity contribution is -0.153. The molecule has 0 rings (SSSR count). The molecule has 5 heteroatoms. The Balaban J connectivity index is 3.23. The fourth-order valence-corrected chi connectivity index (χ4v) is 0.762. The molecule has 5 nitrogen and oxygen atoms in total. The zero-order valence-corrected chi connectivity index (χ0v) is 8.95. The second kappa shape index (κ2) is 8.93. The van der Waals surface area contributed by atoms with Gasteiger partial charge in [0.05, 0.1) is 33.5 Å². The normalized spacial score (nSPS) is 12.5. The Hall–Kier alpha value is -0.650. The lowest BCUT2D eigenvalue weighted by atomic mass is 10.4. The quantitative estimate of drug-likeness (QED) is 0.420. The molecule has 0 bridgehead atoms. The van der Waals surface area contributed by atoms with E-state index in [1.165, 1.54) is 7.11 Å². The third-order valence-corrected chi connectivity index (χ3v) is 1.56. The molecule has 0 fully saturated rings. The Bertz CT molecular complexity index is 148. The molecule has 14 heavy (non-hydrogen) atoms. The minimum absolute atomic E-state index is 0.373. The maximum atomic E-state index is 10.9. The first-order valence-electron chi connectivity index (χ1n) is 4.48. The second-order valence-corrected chi connectivity index (χ2v) is 2.64. The monoisotopic (exact) mass is 206 g/mol. The van der Waals surface area contributed by atoms with Gasteiger partial charge in [-0.15, -0.1) is 0 Å². The van der Waals surface area contributed by atoms with Crippen molar-refractivity contribution in [1.29, 1.82) is 0 Å². The molecule has 0 spiro atoms. The van der Waals surface area contributed by atoms with Crippen molar-refractivity contribution in [2.75, 3.05) is 40.6 Å². The zero-order chi connectivity index (χ0) is 10.8. The second-order valence-electron chi connectivity index (χ2n) is 2.64. The van der Waals surface area contributed by atoms with Crippen LogP contribution in [-0.4, -0.2) is 52.7 Å². The van der Waals surface area contributed by atoms with Gasteiger partial charge in [0, 0.05) is 7.11 Å². The Morgan fingerprint density at radius 3 is 2.36 bits per heavy atom. The highest BCUT2D eigenvalue weighted by molar-refractivity contribution is 5.73. The van der Waals surface area contributed by atoms with Crippen molar-refractivity contribution in [1.82, 2.24) is 0 Å². The number of carbonyl (C=O) groups is 1. The smallest absolute Gasteiger partial charge is 0.334 e. The third kappa shape index (κ3) is 6.82. The van der Waals surface area contributed by atoms with E-state index in [9.17, 15) is 4.79 Å². The number of methoxy groups -OCH3 is 2. The van der Waals surface area contributed by atoms with Crippen LogP contribution in [0.1, 0.15) is 6.92 Å². The van der Waals surface area contributed by atoms with E-state index in [0.29, 0.717) is 26.4 Å². The Morgan fingerprint density at radius 1 is 1.14 bits per heavy atom. The minimum atomic E-state index is -0.536. The number of hydrogen-bond donors (Lipinski definition) is 0. The van der Waals surface area contributed by atoms with Crippen LogP contribution >= 0.6 is 0 Å². The Kier molecular flexibility index (Phi) is 8.51. The van der Waals surface area contributed by atoms with Gasteiger partial charge < -0.3 is 18.9 Å². The summed E-state index contributed by atoms with van der Waals surface area (Å²) < 4.78 is 19.5. The highest BCUT2D eigenvalue weighted by Crippen LogP contribution is 1.93. The first-order valence-corrected chi connectivity index (χ1v) is 4.48. The van der Waals surface area contributed by atoms with Crippen molar-refractivity contribution in [3.63, 3.8) is 0 Å². The molecule has 1 atom stereocenters. The average Bonchev–Trinajstić information content (AvgIpc) is 2.21. The van der Waals surface area contributed by atoms with Crippen LogP contribution < -0.4 is 0 Å². The molecule has 0 radical (unpaired) electrons. The summed E-state index contributed by atoms with van der Waals surface area (Å²) in [5.74, 6) is -0.373. The van der Waals surface area contributed by atoms with Crippen LogP contribution in [-0.2, 0) is 23.7 Å². The lowest BCUT2D eigenvalue weighted by Crippen LogP contribution is -2.24. The fraction of sp³-hybridized carbons (Fsp3) is 0.889. The first kappa shape index (κ1) is 13.4. The van der Waals surface area contributed by atoms with Crippen LogP contribution in [0.15, 0.2) is 0 Å². The number of carbonyl (C=O) groups excluding carboxylic acids is 1. The summed E-state index contributed by atoms with van der Waals surface area (Å²) in [6.07, 6.45) is -0.536. The van der Waals surface area contributed by atoms with E-state index in [0.717, 1.165) is 0 Å². The molecule has 0 saturated heterocycles. The van der Waals surface area contributed by atoms with Crippen LogP contribution in [0.2, 0.25) is 0 Å². The van der Waals surface area contributed by atoms with E-state index >= 15 is 0 Å². The van der Waals surface area contributed by atoms with Crippen molar-refractivity contribution in [3.8, 4) is 0 Å². The topological polar surface area (TPSA) is 54.0 Å². The molecule has 0 aromatic rings. The molecule has 0 aliphatic rings. The van der Waals surface area contributed by atoms with Crippen LogP contribution in [0.3, 0.4) is 0 Å². The summed E-state index contributed by atoms with van der Waals surface area (Å²) in [6.45, 7) is 3.56. The van der Waals surface area contributed by atoms with Gasteiger partial charge in [-0.2, -0.15) is 0 Å². The minimum Gasteiger partial charge on any atom is -0.467 e. The Morgan fingerprint density at radius 2 is 1.79 bits per heavy atom. The van der Waals surface area contributed by atoms with Gasteiger partial charge in [-0.3, -0.25) is 0 Å². The average molecular weight is 206 g/mol. The van der Waals surface area contributed by atoms with E-state index in [4.69, 9.17) is 14.2 Å². The van der Waals surface area contributed by atoms with Crippen molar-refractivity contribution in [3.05, 3.63) is 0 Å². The maximum Gasteiger partial charge on any atom is 0.334 e. The highest BCUT2D eigenvalue weighted by Gasteiger charge is 2.12. The van der Waals surface area contributed by atoms with Crippen LogP contribution in [0.25, 0.3) is 0 Å². The van der Waals surface area contributed by atoms with Gasteiger partial charge in [0.25, 0.3) is 0 Å². The standard InChI is InChI=1S/C9H18O5/c1-8(9(10)12-3)14-7-6-13-5-4-11-2/h8H,4-7H2,1-3H3. The fourth-order valence-electron chi connectivity index (χ4n) is 0.762. The molecular weight excluding hydrogens is 188 g/mol. The molecule has 0 N–H and O–H groups in total. The third-order valence-electron chi connectivity index (χ3n) is 1.56. The molecule has 0 heterocycles. The van der Waals surface area contributed by atoms with Crippen molar-refractivity contribution in [2.45, 2.75) is 13.0 Å². The molecule has 84 valence electrons. The maximum absolute atomic E-state index is 10.9. The molecule has 0 aromatic carbocycles. The van der Waals surface area contributed by atoms with E-state index < -0.39 is 6.10 Å². The Labute approximate surface area is 84.3 Å². The molecule has 0 aromatic heterocycles. The van der Waals surface area contributed by atoms with Gasteiger partial charge in [0.15, 0.2) is 6.10 Å². The van der Waals surface area contributed by atoms with Gasteiger partial charge in [0.1, 0.15) is 0 Å². The molecular formula is C9H18O5. The van der Waals surface area contributed by atoms with E-state index in [1.807, 2.05) is 0 Å². The zero-order valence-electron chi connectivity index (χ0n) is 8.95. The van der Waals surface area contributed by atoms with Gasteiger partial charge in [-0.25, -0.2) is 4.79 Å². The van der Waals surface area contributed by atoms with Gasteiger partial charge in [0.2, 0.25) is 0 Å². The first-order chi connectivity index (χ1) is 6.72. The van der Waals surface area contributed by atoms with Crippen LogP contribution in [0, 0.1) is 0 Å². The number of hydrogen-bond acceptors (Lipinski definition) is 5. The molecule has 0 saturated carbocycles. The predicted octanol–water partition coefficient (Wildman–Crippen LogP) is 0.227. The summed E-state index contributed by atoms with van der Waals surface area (Å²) in [5.41, 5.74) is 0. The number of rotatable bonds is 8. The van der Waals surface area contributed by atoms with Crippen molar-refractivity contribution >= 4 is 5.97 Å².